The van der Waals surface area contributed by atoms with E-state index in [9.17, 15) is 4.79 Å². The van der Waals surface area contributed by atoms with Crippen LogP contribution in [0.5, 0.6) is 11.5 Å². The van der Waals surface area contributed by atoms with Crippen LogP contribution >= 0.6 is 11.3 Å². The number of anilines is 1. The lowest BCUT2D eigenvalue weighted by molar-refractivity contribution is -0.118. The van der Waals surface area contributed by atoms with Crippen molar-refractivity contribution in [3.63, 3.8) is 0 Å². The quantitative estimate of drug-likeness (QED) is 0.684. The molecule has 0 radical (unpaired) electrons. The van der Waals surface area contributed by atoms with Crippen molar-refractivity contribution in [3.8, 4) is 11.5 Å². The Labute approximate surface area is 167 Å². The second-order valence-electron chi connectivity index (χ2n) is 7.30. The van der Waals surface area contributed by atoms with Crippen LogP contribution in [0.15, 0.2) is 54.7 Å². The van der Waals surface area contributed by atoms with E-state index >= 15 is 0 Å². The van der Waals surface area contributed by atoms with Crippen molar-refractivity contribution in [2.75, 3.05) is 12.1 Å². The summed E-state index contributed by atoms with van der Waals surface area (Å²) in [5, 5.41) is 3.68. The van der Waals surface area contributed by atoms with Gasteiger partial charge in [0.05, 0.1) is 5.41 Å². The van der Waals surface area contributed by atoms with Crippen LogP contribution in [0.4, 0.5) is 5.13 Å². The van der Waals surface area contributed by atoms with Gasteiger partial charge in [0.1, 0.15) is 0 Å². The van der Waals surface area contributed by atoms with Gasteiger partial charge in [0.15, 0.2) is 16.6 Å². The van der Waals surface area contributed by atoms with Crippen molar-refractivity contribution >= 4 is 22.4 Å². The van der Waals surface area contributed by atoms with Gasteiger partial charge in [-0.2, -0.15) is 0 Å². The van der Waals surface area contributed by atoms with Crippen molar-refractivity contribution < 1.29 is 14.3 Å². The molecule has 6 heteroatoms. The van der Waals surface area contributed by atoms with Gasteiger partial charge in [0.25, 0.3) is 0 Å². The summed E-state index contributed by atoms with van der Waals surface area (Å²) >= 11 is 1.54. The summed E-state index contributed by atoms with van der Waals surface area (Å²) in [7, 11) is 0. The molecule has 1 unspecified atom stereocenters. The highest BCUT2D eigenvalue weighted by molar-refractivity contribution is 7.15. The van der Waals surface area contributed by atoms with Gasteiger partial charge in [0, 0.05) is 17.0 Å². The van der Waals surface area contributed by atoms with Gasteiger partial charge in [0.2, 0.25) is 12.7 Å². The van der Waals surface area contributed by atoms with E-state index in [-0.39, 0.29) is 18.6 Å². The number of nitrogens with zero attached hydrogens (tertiary/aromatic N) is 1. The summed E-state index contributed by atoms with van der Waals surface area (Å²) in [6, 6.07) is 16.1. The molecule has 1 aliphatic carbocycles. The molecule has 3 aromatic rings. The number of hydrogen-bond acceptors (Lipinski definition) is 5. The van der Waals surface area contributed by atoms with E-state index < -0.39 is 5.41 Å². The molecule has 2 aliphatic rings. The van der Waals surface area contributed by atoms with E-state index in [4.69, 9.17) is 9.47 Å². The Kier molecular flexibility index (Phi) is 4.09. The van der Waals surface area contributed by atoms with Gasteiger partial charge in [-0.1, -0.05) is 43.3 Å². The number of aromatic nitrogens is 1. The number of nitrogens with one attached hydrogen (secondary N) is 1. The fraction of sp³-hybridized carbons (Fsp3) is 0.273. The Morgan fingerprint density at radius 3 is 2.71 bits per heavy atom. The Morgan fingerprint density at radius 1 is 1.14 bits per heavy atom. The van der Waals surface area contributed by atoms with Crippen LogP contribution < -0.4 is 14.8 Å². The van der Waals surface area contributed by atoms with Crippen molar-refractivity contribution in [3.05, 3.63) is 70.7 Å². The van der Waals surface area contributed by atoms with Gasteiger partial charge in [-0.15, -0.1) is 11.3 Å². The summed E-state index contributed by atoms with van der Waals surface area (Å²) in [6.07, 6.45) is 3.52. The number of carbonyl (C=O) groups is 1. The maximum atomic E-state index is 13.0. The van der Waals surface area contributed by atoms with Gasteiger partial charge in [-0.3, -0.25) is 4.79 Å². The first-order chi connectivity index (χ1) is 13.7. The Bertz CT molecular complexity index is 1030. The molecule has 1 atom stereocenters. The van der Waals surface area contributed by atoms with Gasteiger partial charge >= 0.3 is 0 Å². The van der Waals surface area contributed by atoms with Gasteiger partial charge in [-0.25, -0.2) is 4.98 Å². The Hall–Kier alpha value is -2.86. The van der Waals surface area contributed by atoms with Crippen LogP contribution in [0.1, 0.15) is 41.7 Å². The molecule has 2 heterocycles. The zero-order valence-corrected chi connectivity index (χ0v) is 16.3. The summed E-state index contributed by atoms with van der Waals surface area (Å²) in [5.74, 6) is 1.69. The van der Waals surface area contributed by atoms with Crippen molar-refractivity contribution in [1.82, 2.24) is 4.98 Å². The minimum absolute atomic E-state index is 0.000343. The van der Waals surface area contributed by atoms with Crippen molar-refractivity contribution in [2.45, 2.75) is 31.1 Å². The molecule has 1 N–H and O–H groups in total. The predicted octanol–water partition coefficient (Wildman–Crippen LogP) is 4.69. The van der Waals surface area contributed by atoms with E-state index in [0.29, 0.717) is 10.9 Å². The smallest absolute Gasteiger partial charge is 0.236 e. The van der Waals surface area contributed by atoms with Gasteiger partial charge < -0.3 is 14.8 Å². The highest BCUT2D eigenvalue weighted by Gasteiger charge is 2.52. The van der Waals surface area contributed by atoms with Crippen LogP contribution in [-0.4, -0.2) is 17.7 Å². The summed E-state index contributed by atoms with van der Waals surface area (Å²) in [6.45, 7) is 2.39. The predicted molar refractivity (Wildman–Crippen MR) is 108 cm³/mol. The third-order valence-electron chi connectivity index (χ3n) is 5.58. The van der Waals surface area contributed by atoms with Gasteiger partial charge in [-0.05, 0) is 36.1 Å². The van der Waals surface area contributed by atoms with E-state index in [0.717, 1.165) is 29.0 Å². The lowest BCUT2D eigenvalue weighted by Gasteiger charge is -2.15. The topological polar surface area (TPSA) is 60.5 Å². The number of carbonyl (C=O) groups excluding carboxylic acids is 1. The fourth-order valence-corrected chi connectivity index (χ4v) is 4.52. The molecule has 1 amide bonds. The fourth-order valence-electron chi connectivity index (χ4n) is 3.63. The minimum Gasteiger partial charge on any atom is -0.454 e. The third-order valence-corrected chi connectivity index (χ3v) is 6.68. The number of thiazole rings is 1. The monoisotopic (exact) mass is 392 g/mol. The van der Waals surface area contributed by atoms with Crippen LogP contribution in [0.2, 0.25) is 0 Å². The summed E-state index contributed by atoms with van der Waals surface area (Å²) in [5.41, 5.74) is 1.73. The molecule has 142 valence electrons. The largest absolute Gasteiger partial charge is 0.454 e. The molecule has 1 saturated carbocycles. The summed E-state index contributed by atoms with van der Waals surface area (Å²) < 4.78 is 10.8. The molecule has 0 bridgehead atoms. The molecule has 1 aliphatic heterocycles. The molecule has 5 rings (SSSR count). The van der Waals surface area contributed by atoms with Crippen molar-refractivity contribution in [2.24, 2.45) is 0 Å². The molecule has 28 heavy (non-hydrogen) atoms. The van der Waals surface area contributed by atoms with E-state index in [1.54, 1.807) is 0 Å². The lowest BCUT2D eigenvalue weighted by Crippen LogP contribution is -2.27. The van der Waals surface area contributed by atoms with Crippen molar-refractivity contribution in [1.29, 1.82) is 0 Å². The Morgan fingerprint density at radius 2 is 1.93 bits per heavy atom. The third kappa shape index (κ3) is 2.94. The van der Waals surface area contributed by atoms with Crippen LogP contribution in [-0.2, 0) is 10.2 Å². The highest BCUT2D eigenvalue weighted by Crippen LogP contribution is 2.51. The number of rotatable bonds is 5. The number of benzene rings is 2. The van der Waals surface area contributed by atoms with E-state index in [2.05, 4.69) is 29.4 Å². The standard InChI is InChI=1S/C22H20N2O3S/c1-14(15-5-3-2-4-6-15)19-12-23-21(28-19)24-20(25)22(9-10-22)16-7-8-17-18(11-16)27-13-26-17/h2-8,11-12,14H,9-10,13H2,1H3,(H,23,24,25). The lowest BCUT2D eigenvalue weighted by atomic mass is 9.94. The molecule has 5 nitrogen and oxygen atoms in total. The van der Waals surface area contributed by atoms with Crippen LogP contribution in [0.3, 0.4) is 0 Å². The highest BCUT2D eigenvalue weighted by atomic mass is 32.1. The number of ether oxygens (including phenoxy) is 2. The molecule has 0 saturated heterocycles. The normalized spacial score (nSPS) is 17.2. The number of amides is 1. The van der Waals surface area contributed by atoms with Crippen LogP contribution in [0.25, 0.3) is 0 Å². The molecular weight excluding hydrogens is 372 g/mol. The zero-order valence-electron chi connectivity index (χ0n) is 15.5. The second-order valence-corrected chi connectivity index (χ2v) is 8.37. The first-order valence-electron chi connectivity index (χ1n) is 9.38. The summed E-state index contributed by atoms with van der Waals surface area (Å²) in [4.78, 5) is 18.6. The molecule has 1 fully saturated rings. The van der Waals surface area contributed by atoms with E-state index in [1.807, 2.05) is 42.6 Å². The van der Waals surface area contributed by atoms with Crippen LogP contribution in [0, 0.1) is 0 Å². The molecule has 1 aromatic heterocycles. The zero-order chi connectivity index (χ0) is 19.1. The number of fused-ring (bicyclic) bond motifs is 1. The second kappa shape index (κ2) is 6.63. The minimum atomic E-state index is -0.488. The molecule has 0 spiro atoms. The first-order valence-corrected chi connectivity index (χ1v) is 10.2. The molecular formula is C22H20N2O3S. The number of hydrogen-bond donors (Lipinski definition) is 1. The maximum Gasteiger partial charge on any atom is 0.236 e. The van der Waals surface area contributed by atoms with E-state index in [1.165, 1.54) is 16.9 Å². The average molecular weight is 392 g/mol. The first kappa shape index (κ1) is 17.3. The maximum absolute atomic E-state index is 13.0. The molecule has 2 aromatic carbocycles. The average Bonchev–Trinajstić information content (AvgIpc) is 3.19. The Balaban J connectivity index is 1.33. The SMILES string of the molecule is CC(c1ccccc1)c1cnc(NC(=O)C2(c3ccc4c(c3)OCO4)CC2)s1.